The van der Waals surface area contributed by atoms with E-state index in [1.807, 2.05) is 4.90 Å². The van der Waals surface area contributed by atoms with Crippen LogP contribution in [0.1, 0.15) is 25.7 Å². The molecule has 3 aliphatic rings. The van der Waals surface area contributed by atoms with Crippen molar-refractivity contribution < 1.29 is 9.59 Å². The van der Waals surface area contributed by atoms with Crippen molar-refractivity contribution in [3.63, 3.8) is 0 Å². The predicted molar refractivity (Wildman–Crippen MR) is 97.4 cm³/mol. The summed E-state index contributed by atoms with van der Waals surface area (Å²) in [5.41, 5.74) is -0.0495. The Bertz CT molecular complexity index is 500. The van der Waals surface area contributed by atoms with Crippen LogP contribution in [0.15, 0.2) is 0 Å². The maximum Gasteiger partial charge on any atom is 0.236 e. The molecule has 25 heavy (non-hydrogen) atoms. The molecule has 3 heterocycles. The van der Waals surface area contributed by atoms with E-state index in [4.69, 9.17) is 0 Å². The fourth-order valence-corrected chi connectivity index (χ4v) is 4.36. The number of amides is 2. The Morgan fingerprint density at radius 1 is 1.08 bits per heavy atom. The lowest BCUT2D eigenvalue weighted by Gasteiger charge is -2.49. The average molecular weight is 351 g/mol. The molecule has 0 radical (unpaired) electrons. The highest BCUT2D eigenvalue weighted by atomic mass is 16.2. The predicted octanol–water partition coefficient (Wildman–Crippen LogP) is -0.563. The third-order valence-corrected chi connectivity index (χ3v) is 6.25. The summed E-state index contributed by atoms with van der Waals surface area (Å²) in [4.78, 5) is 33.7. The van der Waals surface area contributed by atoms with Gasteiger partial charge in [0.05, 0.1) is 6.54 Å². The molecule has 1 spiro atoms. The van der Waals surface area contributed by atoms with Gasteiger partial charge in [-0.1, -0.05) is 0 Å². The van der Waals surface area contributed by atoms with E-state index in [1.165, 1.54) is 0 Å². The van der Waals surface area contributed by atoms with E-state index >= 15 is 0 Å². The maximum atomic E-state index is 12.9. The van der Waals surface area contributed by atoms with E-state index in [0.717, 1.165) is 65.1 Å². The molecular formula is C18H33N5O2. The highest BCUT2D eigenvalue weighted by Crippen LogP contribution is 2.30. The molecule has 3 rings (SSSR count). The van der Waals surface area contributed by atoms with Crippen LogP contribution < -0.4 is 5.32 Å². The fourth-order valence-electron chi connectivity index (χ4n) is 4.36. The van der Waals surface area contributed by atoms with Gasteiger partial charge in [-0.05, 0) is 46.4 Å². The van der Waals surface area contributed by atoms with Crippen molar-refractivity contribution in [2.75, 3.05) is 73.0 Å². The zero-order chi connectivity index (χ0) is 17.9. The molecule has 0 bridgehead atoms. The van der Waals surface area contributed by atoms with Crippen LogP contribution in [0.4, 0.5) is 0 Å². The number of nitrogens with zero attached hydrogens (tertiary/aromatic N) is 4. The van der Waals surface area contributed by atoms with Gasteiger partial charge in [0.1, 0.15) is 0 Å². The Morgan fingerprint density at radius 3 is 2.76 bits per heavy atom. The number of hydrogen-bond acceptors (Lipinski definition) is 5. The van der Waals surface area contributed by atoms with Gasteiger partial charge in [-0.15, -0.1) is 0 Å². The third kappa shape index (κ3) is 4.51. The smallest absolute Gasteiger partial charge is 0.236 e. The molecule has 3 fully saturated rings. The summed E-state index contributed by atoms with van der Waals surface area (Å²) in [7, 11) is 4.29. The highest BCUT2D eigenvalue weighted by molar-refractivity contribution is 5.79. The number of likely N-dealkylation sites (N-methyl/N-ethyl adjacent to an activating group) is 2. The van der Waals surface area contributed by atoms with Crippen molar-refractivity contribution in [3.8, 4) is 0 Å². The molecule has 3 aliphatic heterocycles. The van der Waals surface area contributed by atoms with Crippen molar-refractivity contribution in [2.24, 2.45) is 0 Å². The summed E-state index contributed by atoms with van der Waals surface area (Å²) in [5, 5.41) is 2.98. The van der Waals surface area contributed by atoms with Crippen LogP contribution >= 0.6 is 0 Å². The van der Waals surface area contributed by atoms with Crippen molar-refractivity contribution in [1.29, 1.82) is 0 Å². The SMILES string of the molecule is CN1CCCN(CC(=O)N2CCN(C)[C@]3(CCNC(=O)CC3)C2)CC1. The molecule has 7 heteroatoms. The first-order chi connectivity index (χ1) is 12.0. The molecule has 0 aliphatic carbocycles. The second kappa shape index (κ2) is 8.01. The summed E-state index contributed by atoms with van der Waals surface area (Å²) in [6.45, 7) is 7.82. The van der Waals surface area contributed by atoms with Gasteiger partial charge in [0.15, 0.2) is 0 Å². The summed E-state index contributed by atoms with van der Waals surface area (Å²) >= 11 is 0. The Balaban J connectivity index is 1.60. The highest BCUT2D eigenvalue weighted by Gasteiger charge is 2.42. The van der Waals surface area contributed by atoms with E-state index in [9.17, 15) is 9.59 Å². The van der Waals surface area contributed by atoms with Gasteiger partial charge in [-0.25, -0.2) is 0 Å². The molecule has 1 atom stereocenters. The van der Waals surface area contributed by atoms with Crippen LogP contribution in [0.5, 0.6) is 0 Å². The molecular weight excluding hydrogens is 318 g/mol. The van der Waals surface area contributed by atoms with E-state index in [2.05, 4.69) is 34.1 Å². The van der Waals surface area contributed by atoms with E-state index < -0.39 is 0 Å². The largest absolute Gasteiger partial charge is 0.356 e. The van der Waals surface area contributed by atoms with Gasteiger partial charge >= 0.3 is 0 Å². The van der Waals surface area contributed by atoms with Crippen LogP contribution in [0.25, 0.3) is 0 Å². The van der Waals surface area contributed by atoms with Crippen LogP contribution in [-0.2, 0) is 9.59 Å². The molecule has 0 saturated carbocycles. The van der Waals surface area contributed by atoms with Crippen LogP contribution in [0.3, 0.4) is 0 Å². The summed E-state index contributed by atoms with van der Waals surface area (Å²) < 4.78 is 0. The summed E-state index contributed by atoms with van der Waals surface area (Å²) in [5.74, 6) is 0.392. The van der Waals surface area contributed by atoms with Crippen LogP contribution in [-0.4, -0.2) is 110 Å². The van der Waals surface area contributed by atoms with Gasteiger partial charge < -0.3 is 15.1 Å². The van der Waals surface area contributed by atoms with Gasteiger partial charge in [0.2, 0.25) is 11.8 Å². The normalized spacial score (nSPS) is 30.8. The van der Waals surface area contributed by atoms with Crippen molar-refractivity contribution >= 4 is 11.8 Å². The molecule has 0 aromatic heterocycles. The van der Waals surface area contributed by atoms with Gasteiger partial charge in [0.25, 0.3) is 0 Å². The third-order valence-electron chi connectivity index (χ3n) is 6.25. The summed E-state index contributed by atoms with van der Waals surface area (Å²) in [6, 6.07) is 0. The first kappa shape index (κ1) is 18.6. The van der Waals surface area contributed by atoms with Crippen molar-refractivity contribution in [3.05, 3.63) is 0 Å². The minimum absolute atomic E-state index is 0.0495. The van der Waals surface area contributed by atoms with E-state index in [0.29, 0.717) is 19.5 Å². The molecule has 0 unspecified atom stereocenters. The Morgan fingerprint density at radius 2 is 1.92 bits per heavy atom. The van der Waals surface area contributed by atoms with Crippen LogP contribution in [0, 0.1) is 0 Å². The van der Waals surface area contributed by atoms with Gasteiger partial charge in [0, 0.05) is 51.2 Å². The number of nitrogens with one attached hydrogen (secondary N) is 1. The monoisotopic (exact) mass is 351 g/mol. The fraction of sp³-hybridized carbons (Fsp3) is 0.889. The van der Waals surface area contributed by atoms with Gasteiger partial charge in [-0.3, -0.25) is 19.4 Å². The lowest BCUT2D eigenvalue weighted by molar-refractivity contribution is -0.138. The molecule has 2 amide bonds. The van der Waals surface area contributed by atoms with E-state index in [1.54, 1.807) is 0 Å². The number of piperazine rings is 1. The number of rotatable bonds is 2. The molecule has 3 saturated heterocycles. The Kier molecular flexibility index (Phi) is 5.96. The molecule has 7 nitrogen and oxygen atoms in total. The maximum absolute atomic E-state index is 12.9. The average Bonchev–Trinajstić information content (AvgIpc) is 2.90. The van der Waals surface area contributed by atoms with Crippen LogP contribution in [0.2, 0.25) is 0 Å². The zero-order valence-electron chi connectivity index (χ0n) is 15.8. The minimum Gasteiger partial charge on any atom is -0.356 e. The minimum atomic E-state index is -0.0495. The lowest BCUT2D eigenvalue weighted by atomic mass is 9.86. The molecule has 142 valence electrons. The molecule has 1 N–H and O–H groups in total. The van der Waals surface area contributed by atoms with Crippen molar-refractivity contribution in [2.45, 2.75) is 31.2 Å². The summed E-state index contributed by atoms with van der Waals surface area (Å²) in [6.07, 6.45) is 3.45. The molecule has 0 aromatic rings. The lowest BCUT2D eigenvalue weighted by Crippen LogP contribution is -2.63. The number of hydrogen-bond donors (Lipinski definition) is 1. The Hall–Kier alpha value is -1.18. The van der Waals surface area contributed by atoms with Gasteiger partial charge in [-0.2, -0.15) is 0 Å². The quantitative estimate of drug-likeness (QED) is 0.723. The second-order valence-electron chi connectivity index (χ2n) is 7.99. The first-order valence-electron chi connectivity index (χ1n) is 9.65. The topological polar surface area (TPSA) is 59.1 Å². The van der Waals surface area contributed by atoms with E-state index in [-0.39, 0.29) is 17.4 Å². The second-order valence-corrected chi connectivity index (χ2v) is 7.99. The van der Waals surface area contributed by atoms with Crippen molar-refractivity contribution in [1.82, 2.24) is 24.9 Å². The first-order valence-corrected chi connectivity index (χ1v) is 9.65. The number of carbonyl (C=O) groups is 2. The molecule has 0 aromatic carbocycles. The standard InChI is InChI=1S/C18H33N5O2/c1-20-8-3-9-22(12-10-20)14-17(25)23-13-11-21(2)18(15-23)5-4-16(24)19-7-6-18/h3-15H2,1-2H3,(H,19,24)/t18-/m1/s1. The zero-order valence-corrected chi connectivity index (χ0v) is 15.8. The number of carbonyl (C=O) groups excluding carboxylic acids is 2. The Labute approximate surface area is 151 Å².